The molecule has 0 fully saturated rings. The fourth-order valence-electron chi connectivity index (χ4n) is 1.86. The highest BCUT2D eigenvalue weighted by molar-refractivity contribution is 5.68. The van der Waals surface area contributed by atoms with Crippen molar-refractivity contribution in [1.82, 2.24) is 0 Å². The van der Waals surface area contributed by atoms with Gasteiger partial charge in [-0.3, -0.25) is 0 Å². The molecular weight excluding hydrogens is 231 g/mol. The van der Waals surface area contributed by atoms with Crippen molar-refractivity contribution in [3.05, 3.63) is 47.8 Å². The van der Waals surface area contributed by atoms with Gasteiger partial charge in [0.2, 0.25) is 0 Å². The van der Waals surface area contributed by atoms with E-state index < -0.39 is 0 Å². The third kappa shape index (κ3) is 2.30. The minimum atomic E-state index is -0.243. The van der Waals surface area contributed by atoms with Crippen LogP contribution in [-0.2, 0) is 0 Å². The smallest absolute Gasteiger partial charge is 0.161 e. The molecule has 2 nitrogen and oxygen atoms in total. The molecule has 94 valence electrons. The zero-order valence-corrected chi connectivity index (χ0v) is 10.7. The van der Waals surface area contributed by atoms with E-state index in [2.05, 4.69) is 0 Å². The number of halogens is 1. The van der Waals surface area contributed by atoms with Crippen LogP contribution in [0.4, 0.5) is 4.39 Å². The molecule has 0 aliphatic heterocycles. The van der Waals surface area contributed by atoms with E-state index in [9.17, 15) is 4.39 Å². The zero-order chi connectivity index (χ0) is 13.1. The maximum absolute atomic E-state index is 13.8. The van der Waals surface area contributed by atoms with Gasteiger partial charge in [0, 0.05) is 5.56 Å². The summed E-state index contributed by atoms with van der Waals surface area (Å²) >= 11 is 0. The van der Waals surface area contributed by atoms with Gasteiger partial charge < -0.3 is 9.47 Å². The van der Waals surface area contributed by atoms with E-state index in [1.807, 2.05) is 19.1 Å². The Morgan fingerprint density at radius 1 is 0.889 bits per heavy atom. The summed E-state index contributed by atoms with van der Waals surface area (Å²) in [6.07, 6.45) is 0. The normalized spacial score (nSPS) is 10.2. The molecule has 0 saturated heterocycles. The zero-order valence-electron chi connectivity index (χ0n) is 10.7. The summed E-state index contributed by atoms with van der Waals surface area (Å²) in [6, 6.07) is 10.4. The molecule has 0 unspecified atom stereocenters. The van der Waals surface area contributed by atoms with Gasteiger partial charge in [-0.15, -0.1) is 0 Å². The van der Waals surface area contributed by atoms with E-state index in [1.54, 1.807) is 32.4 Å². The van der Waals surface area contributed by atoms with Gasteiger partial charge in [-0.2, -0.15) is 0 Å². The average molecular weight is 246 g/mol. The minimum absolute atomic E-state index is 0.243. The third-order valence-electron chi connectivity index (χ3n) is 2.82. The number of aryl methyl sites for hydroxylation is 1. The molecule has 18 heavy (non-hydrogen) atoms. The Bertz CT molecular complexity index is 564. The molecule has 0 aromatic heterocycles. The van der Waals surface area contributed by atoms with Crippen LogP contribution < -0.4 is 9.47 Å². The Morgan fingerprint density at radius 2 is 1.61 bits per heavy atom. The van der Waals surface area contributed by atoms with Crippen LogP contribution in [0.5, 0.6) is 11.5 Å². The molecule has 2 rings (SSSR count). The lowest BCUT2D eigenvalue weighted by molar-refractivity contribution is 0.355. The lowest BCUT2D eigenvalue weighted by Gasteiger charge is -2.10. The molecule has 2 aromatic carbocycles. The van der Waals surface area contributed by atoms with E-state index in [-0.39, 0.29) is 5.82 Å². The third-order valence-corrected chi connectivity index (χ3v) is 2.82. The number of ether oxygens (including phenoxy) is 2. The van der Waals surface area contributed by atoms with E-state index >= 15 is 0 Å². The summed E-state index contributed by atoms with van der Waals surface area (Å²) in [5, 5.41) is 0. The van der Waals surface area contributed by atoms with Crippen molar-refractivity contribution in [3.63, 3.8) is 0 Å². The summed E-state index contributed by atoms with van der Waals surface area (Å²) in [6.45, 7) is 1.93. The van der Waals surface area contributed by atoms with Crippen LogP contribution in [0.25, 0.3) is 11.1 Å². The monoisotopic (exact) mass is 246 g/mol. The molecule has 0 amide bonds. The second kappa shape index (κ2) is 5.08. The fraction of sp³-hybridized carbons (Fsp3) is 0.200. The fourth-order valence-corrected chi connectivity index (χ4v) is 1.86. The lowest BCUT2D eigenvalue weighted by atomic mass is 10.0. The van der Waals surface area contributed by atoms with E-state index in [1.165, 1.54) is 6.07 Å². The Hall–Kier alpha value is -2.03. The largest absolute Gasteiger partial charge is 0.493 e. The van der Waals surface area contributed by atoms with Crippen LogP contribution in [-0.4, -0.2) is 14.2 Å². The highest BCUT2D eigenvalue weighted by Gasteiger charge is 2.09. The second-order valence-electron chi connectivity index (χ2n) is 4.05. The van der Waals surface area contributed by atoms with Crippen molar-refractivity contribution >= 4 is 0 Å². The second-order valence-corrected chi connectivity index (χ2v) is 4.05. The predicted octanol–water partition coefficient (Wildman–Crippen LogP) is 3.82. The number of hydrogen-bond acceptors (Lipinski definition) is 2. The van der Waals surface area contributed by atoms with Crippen molar-refractivity contribution in [2.24, 2.45) is 0 Å². The van der Waals surface area contributed by atoms with E-state index in [0.29, 0.717) is 17.1 Å². The molecule has 0 radical (unpaired) electrons. The highest BCUT2D eigenvalue weighted by Crippen LogP contribution is 2.33. The Balaban J connectivity index is 2.54. The van der Waals surface area contributed by atoms with Crippen LogP contribution >= 0.6 is 0 Å². The first-order chi connectivity index (χ1) is 8.65. The molecule has 0 N–H and O–H groups in total. The molecule has 0 aliphatic rings. The summed E-state index contributed by atoms with van der Waals surface area (Å²) in [7, 11) is 3.14. The van der Waals surface area contributed by atoms with Crippen LogP contribution in [0.3, 0.4) is 0 Å². The minimum Gasteiger partial charge on any atom is -0.493 e. The van der Waals surface area contributed by atoms with Gasteiger partial charge in [-0.25, -0.2) is 4.39 Å². The first kappa shape index (κ1) is 12.4. The van der Waals surface area contributed by atoms with E-state index in [0.717, 1.165) is 11.1 Å². The Morgan fingerprint density at radius 3 is 2.28 bits per heavy atom. The number of methoxy groups -OCH3 is 2. The van der Waals surface area contributed by atoms with Gasteiger partial charge in [-0.05, 0) is 36.8 Å². The summed E-state index contributed by atoms with van der Waals surface area (Å²) in [5.74, 6) is 0.984. The van der Waals surface area contributed by atoms with Gasteiger partial charge in [0.1, 0.15) is 5.82 Å². The Kier molecular flexibility index (Phi) is 3.51. The van der Waals surface area contributed by atoms with Gasteiger partial charge in [0.15, 0.2) is 11.5 Å². The van der Waals surface area contributed by atoms with Crippen LogP contribution in [0.15, 0.2) is 36.4 Å². The number of rotatable bonds is 3. The standard InChI is InChI=1S/C15H15FO2/c1-10-4-6-13(16)12(8-10)11-5-7-14(17-2)15(9-11)18-3/h4-9H,1-3H3. The van der Waals surface area contributed by atoms with Crippen LogP contribution in [0, 0.1) is 12.7 Å². The first-order valence-corrected chi connectivity index (χ1v) is 5.64. The van der Waals surface area contributed by atoms with Crippen molar-refractivity contribution in [2.75, 3.05) is 14.2 Å². The molecule has 2 aromatic rings. The van der Waals surface area contributed by atoms with Gasteiger partial charge >= 0.3 is 0 Å². The maximum Gasteiger partial charge on any atom is 0.161 e. The molecule has 3 heteroatoms. The molecular formula is C15H15FO2. The molecule has 0 spiro atoms. The molecule has 0 aliphatic carbocycles. The summed E-state index contributed by atoms with van der Waals surface area (Å²) in [5.41, 5.74) is 2.35. The maximum atomic E-state index is 13.8. The van der Waals surface area contributed by atoms with Gasteiger partial charge in [0.05, 0.1) is 14.2 Å². The SMILES string of the molecule is COc1ccc(-c2cc(C)ccc2F)cc1OC. The molecule has 0 atom stereocenters. The summed E-state index contributed by atoms with van der Waals surface area (Å²) < 4.78 is 24.2. The van der Waals surface area contributed by atoms with Gasteiger partial charge in [-0.1, -0.05) is 17.7 Å². The van der Waals surface area contributed by atoms with E-state index in [4.69, 9.17) is 9.47 Å². The highest BCUT2D eigenvalue weighted by atomic mass is 19.1. The topological polar surface area (TPSA) is 18.5 Å². The number of benzene rings is 2. The number of hydrogen-bond donors (Lipinski definition) is 0. The lowest BCUT2D eigenvalue weighted by Crippen LogP contribution is -1.92. The van der Waals surface area contributed by atoms with Crippen molar-refractivity contribution in [1.29, 1.82) is 0 Å². The van der Waals surface area contributed by atoms with Crippen LogP contribution in [0.1, 0.15) is 5.56 Å². The predicted molar refractivity (Wildman–Crippen MR) is 69.7 cm³/mol. The molecule has 0 heterocycles. The summed E-state index contributed by atoms with van der Waals surface area (Å²) in [4.78, 5) is 0. The average Bonchev–Trinajstić information content (AvgIpc) is 2.40. The van der Waals surface area contributed by atoms with Crippen LogP contribution in [0.2, 0.25) is 0 Å². The van der Waals surface area contributed by atoms with Crippen molar-refractivity contribution in [2.45, 2.75) is 6.92 Å². The molecule has 0 saturated carbocycles. The van der Waals surface area contributed by atoms with Crippen molar-refractivity contribution in [3.8, 4) is 22.6 Å². The van der Waals surface area contributed by atoms with Gasteiger partial charge in [0.25, 0.3) is 0 Å². The van der Waals surface area contributed by atoms with Crippen molar-refractivity contribution < 1.29 is 13.9 Å². The quantitative estimate of drug-likeness (QED) is 0.819. The Labute approximate surface area is 106 Å². The first-order valence-electron chi connectivity index (χ1n) is 5.64. The molecule has 0 bridgehead atoms.